The van der Waals surface area contributed by atoms with Gasteiger partial charge < -0.3 is 9.32 Å². The average Bonchev–Trinajstić information content (AvgIpc) is 3.54. The van der Waals surface area contributed by atoms with Crippen LogP contribution in [0.3, 0.4) is 0 Å². The summed E-state index contributed by atoms with van der Waals surface area (Å²) in [6.07, 6.45) is 0. The molecule has 0 bridgehead atoms. The second-order valence-corrected chi connectivity index (χ2v) is 11.0. The molecule has 0 aliphatic carbocycles. The Labute approximate surface area is 257 Å². The van der Waals surface area contributed by atoms with Gasteiger partial charge in [-0.2, -0.15) is 0 Å². The third kappa shape index (κ3) is 4.83. The molecular formula is C42H29NO. The van der Waals surface area contributed by atoms with Crippen LogP contribution in [0, 0.1) is 0 Å². The Morgan fingerprint density at radius 1 is 0.364 bits per heavy atom. The summed E-state index contributed by atoms with van der Waals surface area (Å²) in [5.41, 5.74) is 9.94. The number of rotatable bonds is 6. The number of nitrogens with zero attached hydrogens (tertiary/aromatic N) is 1. The van der Waals surface area contributed by atoms with Crippen molar-refractivity contribution in [1.82, 2.24) is 0 Å². The molecule has 208 valence electrons. The van der Waals surface area contributed by atoms with E-state index < -0.39 is 0 Å². The molecule has 0 saturated carbocycles. The van der Waals surface area contributed by atoms with Crippen molar-refractivity contribution in [2.24, 2.45) is 0 Å². The number of para-hydroxylation sites is 2. The summed E-state index contributed by atoms with van der Waals surface area (Å²) >= 11 is 0. The van der Waals surface area contributed by atoms with Crippen molar-refractivity contribution in [3.05, 3.63) is 176 Å². The molecule has 0 unspecified atom stereocenters. The minimum Gasteiger partial charge on any atom is -0.456 e. The average molecular weight is 564 g/mol. The van der Waals surface area contributed by atoms with Gasteiger partial charge in [0.05, 0.1) is 5.69 Å². The van der Waals surface area contributed by atoms with E-state index in [1.54, 1.807) is 0 Å². The zero-order chi connectivity index (χ0) is 29.3. The molecule has 8 aromatic rings. The van der Waals surface area contributed by atoms with Crippen LogP contribution in [0.15, 0.2) is 180 Å². The number of hydrogen-bond donors (Lipinski definition) is 0. The predicted molar refractivity (Wildman–Crippen MR) is 185 cm³/mol. The second kappa shape index (κ2) is 11.1. The minimum atomic E-state index is 0.858. The SMILES string of the molecule is c1ccc(-c2ccc(-c3ccccc3N(c3cccc(-c4cc5ccccc5o4)c3)c3ccc4ccccc4c3)cc2)cc1. The van der Waals surface area contributed by atoms with Gasteiger partial charge in [0.15, 0.2) is 0 Å². The lowest BCUT2D eigenvalue weighted by Crippen LogP contribution is -2.11. The van der Waals surface area contributed by atoms with Crippen LogP contribution in [0.1, 0.15) is 0 Å². The van der Waals surface area contributed by atoms with E-state index in [1.165, 1.54) is 27.5 Å². The molecule has 1 heterocycles. The maximum atomic E-state index is 6.28. The van der Waals surface area contributed by atoms with E-state index in [0.29, 0.717) is 0 Å². The lowest BCUT2D eigenvalue weighted by molar-refractivity contribution is 0.631. The lowest BCUT2D eigenvalue weighted by Gasteiger charge is -2.28. The van der Waals surface area contributed by atoms with Crippen molar-refractivity contribution in [2.75, 3.05) is 4.90 Å². The molecule has 0 radical (unpaired) electrons. The van der Waals surface area contributed by atoms with Gasteiger partial charge in [-0.1, -0.05) is 133 Å². The highest BCUT2D eigenvalue weighted by Crippen LogP contribution is 2.43. The monoisotopic (exact) mass is 563 g/mol. The molecule has 0 saturated heterocycles. The first kappa shape index (κ1) is 25.8. The van der Waals surface area contributed by atoms with Crippen molar-refractivity contribution in [3.63, 3.8) is 0 Å². The van der Waals surface area contributed by atoms with Gasteiger partial charge in [-0.3, -0.25) is 0 Å². The predicted octanol–water partition coefficient (Wildman–Crippen LogP) is 12.1. The second-order valence-electron chi connectivity index (χ2n) is 11.0. The quantitative estimate of drug-likeness (QED) is 0.200. The Balaban J connectivity index is 1.28. The van der Waals surface area contributed by atoms with Crippen LogP contribution in [0.2, 0.25) is 0 Å². The first-order valence-electron chi connectivity index (χ1n) is 14.9. The maximum Gasteiger partial charge on any atom is 0.135 e. The fourth-order valence-electron chi connectivity index (χ4n) is 6.05. The first-order valence-corrected chi connectivity index (χ1v) is 14.9. The van der Waals surface area contributed by atoms with Crippen molar-refractivity contribution in [3.8, 4) is 33.6 Å². The van der Waals surface area contributed by atoms with Crippen molar-refractivity contribution in [2.45, 2.75) is 0 Å². The molecular weight excluding hydrogens is 534 g/mol. The third-order valence-corrected chi connectivity index (χ3v) is 8.25. The summed E-state index contributed by atoms with van der Waals surface area (Å²) in [4.78, 5) is 2.36. The van der Waals surface area contributed by atoms with Crippen LogP contribution < -0.4 is 4.90 Å². The zero-order valence-corrected chi connectivity index (χ0v) is 24.1. The molecule has 0 spiro atoms. The van der Waals surface area contributed by atoms with Gasteiger partial charge in [0.25, 0.3) is 0 Å². The molecule has 2 heteroatoms. The van der Waals surface area contributed by atoms with Crippen LogP contribution in [0.4, 0.5) is 17.1 Å². The molecule has 0 fully saturated rings. The summed E-state index contributed by atoms with van der Waals surface area (Å²) < 4.78 is 6.28. The van der Waals surface area contributed by atoms with Gasteiger partial charge in [-0.25, -0.2) is 0 Å². The number of furan rings is 1. The van der Waals surface area contributed by atoms with Gasteiger partial charge in [0, 0.05) is 27.9 Å². The molecule has 0 amide bonds. The van der Waals surface area contributed by atoms with Gasteiger partial charge >= 0.3 is 0 Å². The van der Waals surface area contributed by atoms with Crippen LogP contribution in [0.25, 0.3) is 55.3 Å². The topological polar surface area (TPSA) is 16.4 Å². The van der Waals surface area contributed by atoms with Crippen LogP contribution >= 0.6 is 0 Å². The first-order chi connectivity index (χ1) is 21.8. The highest BCUT2D eigenvalue weighted by molar-refractivity contribution is 5.94. The van der Waals surface area contributed by atoms with Gasteiger partial charge in [-0.15, -0.1) is 0 Å². The number of fused-ring (bicyclic) bond motifs is 2. The smallest absolute Gasteiger partial charge is 0.135 e. The van der Waals surface area contributed by atoms with E-state index in [4.69, 9.17) is 4.42 Å². The Bertz CT molecular complexity index is 2190. The summed E-state index contributed by atoms with van der Waals surface area (Å²) in [7, 11) is 0. The summed E-state index contributed by atoms with van der Waals surface area (Å²) in [5.74, 6) is 0.858. The fraction of sp³-hybridized carbons (Fsp3) is 0. The maximum absolute atomic E-state index is 6.28. The number of benzene rings is 7. The van der Waals surface area contributed by atoms with Crippen molar-refractivity contribution in [1.29, 1.82) is 0 Å². The Hall–Kier alpha value is -5.86. The third-order valence-electron chi connectivity index (χ3n) is 8.25. The summed E-state index contributed by atoms with van der Waals surface area (Å²) in [6, 6.07) is 62.2. The largest absolute Gasteiger partial charge is 0.456 e. The standard InChI is InChI=1S/C42H29NO/c1-2-11-30(12-3-1)32-21-23-33(24-22-32)39-18-7-8-19-40(39)43(38-26-25-31-13-4-5-14-34(31)27-38)37-17-10-16-35(28-37)42-29-36-15-6-9-20-41(36)44-42/h1-29H. The normalized spacial score (nSPS) is 11.2. The lowest BCUT2D eigenvalue weighted by atomic mass is 9.98. The van der Waals surface area contributed by atoms with E-state index >= 15 is 0 Å². The highest BCUT2D eigenvalue weighted by Gasteiger charge is 2.19. The Morgan fingerprint density at radius 2 is 1.00 bits per heavy atom. The van der Waals surface area contributed by atoms with Gasteiger partial charge in [-0.05, 0) is 69.9 Å². The zero-order valence-electron chi connectivity index (χ0n) is 24.1. The molecule has 2 nitrogen and oxygen atoms in total. The van der Waals surface area contributed by atoms with Crippen molar-refractivity contribution < 1.29 is 4.42 Å². The van der Waals surface area contributed by atoms with Crippen LogP contribution in [-0.4, -0.2) is 0 Å². The Kier molecular flexibility index (Phi) is 6.51. The van der Waals surface area contributed by atoms with Crippen molar-refractivity contribution >= 4 is 38.8 Å². The van der Waals surface area contributed by atoms with E-state index in [1.807, 2.05) is 18.2 Å². The molecule has 0 aliphatic rings. The fourth-order valence-corrected chi connectivity index (χ4v) is 6.05. The van der Waals surface area contributed by atoms with E-state index in [9.17, 15) is 0 Å². The molecule has 0 aliphatic heterocycles. The summed E-state index contributed by atoms with van der Waals surface area (Å²) in [6.45, 7) is 0. The van der Waals surface area contributed by atoms with E-state index in [0.717, 1.165) is 44.9 Å². The highest BCUT2D eigenvalue weighted by atomic mass is 16.3. The van der Waals surface area contributed by atoms with E-state index in [-0.39, 0.29) is 0 Å². The van der Waals surface area contributed by atoms with Gasteiger partial charge in [0.2, 0.25) is 0 Å². The minimum absolute atomic E-state index is 0.858. The summed E-state index contributed by atoms with van der Waals surface area (Å²) in [5, 5.41) is 3.52. The van der Waals surface area contributed by atoms with E-state index in [2.05, 4.69) is 163 Å². The molecule has 44 heavy (non-hydrogen) atoms. The van der Waals surface area contributed by atoms with Crippen LogP contribution in [0.5, 0.6) is 0 Å². The number of hydrogen-bond acceptors (Lipinski definition) is 2. The molecule has 0 N–H and O–H groups in total. The molecule has 1 aromatic heterocycles. The van der Waals surface area contributed by atoms with Gasteiger partial charge in [0.1, 0.15) is 11.3 Å². The Morgan fingerprint density at radius 3 is 1.84 bits per heavy atom. The molecule has 8 rings (SSSR count). The molecule has 7 aromatic carbocycles. The number of anilines is 3. The molecule has 0 atom stereocenters. The van der Waals surface area contributed by atoms with Crippen LogP contribution in [-0.2, 0) is 0 Å².